The molecule has 1 aromatic heterocycles. The van der Waals surface area contributed by atoms with Crippen molar-refractivity contribution in [3.05, 3.63) is 78.1 Å². The Balaban J connectivity index is 1.99. The Morgan fingerprint density at radius 2 is 1.97 bits per heavy atom. The highest BCUT2D eigenvalue weighted by molar-refractivity contribution is 9.10. The molecule has 1 aliphatic heterocycles. The van der Waals surface area contributed by atoms with Crippen molar-refractivity contribution >= 4 is 44.8 Å². The largest absolute Gasteiger partial charge is 0.493 e. The summed E-state index contributed by atoms with van der Waals surface area (Å²) in [5.41, 5.74) is 0.933. The van der Waals surface area contributed by atoms with E-state index in [1.54, 1.807) is 23.1 Å². The van der Waals surface area contributed by atoms with Crippen molar-refractivity contribution in [3.8, 4) is 17.5 Å². The van der Waals surface area contributed by atoms with Gasteiger partial charge in [-0.15, -0.1) is 11.3 Å². The third kappa shape index (κ3) is 4.99. The van der Waals surface area contributed by atoms with Crippen LogP contribution in [0.15, 0.2) is 57.8 Å². The molecule has 0 atom stereocenters. The Labute approximate surface area is 208 Å². The first-order valence-corrected chi connectivity index (χ1v) is 12.4. The number of aromatic nitrogens is 1. The Hall–Kier alpha value is -3.19. The number of carbonyl (C=O) groups excluding carboxylic acids is 1. The van der Waals surface area contributed by atoms with E-state index >= 15 is 0 Å². The molecule has 174 valence electrons. The molecule has 0 spiro atoms. The second kappa shape index (κ2) is 10.8. The molecular formula is C25H22BrN3O4S. The maximum atomic E-state index is 13.6. The summed E-state index contributed by atoms with van der Waals surface area (Å²) in [7, 11) is 0. The number of hydrogen-bond donors (Lipinski definition) is 0. The van der Waals surface area contributed by atoms with E-state index in [9.17, 15) is 14.9 Å². The molecule has 34 heavy (non-hydrogen) atoms. The highest BCUT2D eigenvalue weighted by Crippen LogP contribution is 2.24. The average Bonchev–Trinajstić information content (AvgIpc) is 3.17. The van der Waals surface area contributed by atoms with Crippen LogP contribution in [-0.2, 0) is 9.53 Å². The molecule has 0 radical (unpaired) electrons. The summed E-state index contributed by atoms with van der Waals surface area (Å²) in [6, 6.07) is 16.6. The van der Waals surface area contributed by atoms with Crippen LogP contribution in [0.5, 0.6) is 5.75 Å². The zero-order valence-electron chi connectivity index (χ0n) is 18.5. The minimum absolute atomic E-state index is 0.0632. The molecule has 0 saturated carbocycles. The lowest BCUT2D eigenvalue weighted by molar-refractivity contribution is -0.128. The van der Waals surface area contributed by atoms with Gasteiger partial charge < -0.3 is 14.4 Å². The number of nitrogens with zero attached hydrogens (tertiary/aromatic N) is 3. The van der Waals surface area contributed by atoms with Crippen molar-refractivity contribution < 1.29 is 14.3 Å². The molecule has 0 aliphatic carbocycles. The summed E-state index contributed by atoms with van der Waals surface area (Å²) in [5.74, 6) is 0.237. The summed E-state index contributed by atoms with van der Waals surface area (Å²) >= 11 is 4.59. The predicted molar refractivity (Wildman–Crippen MR) is 134 cm³/mol. The number of nitriles is 1. The van der Waals surface area contributed by atoms with Gasteiger partial charge in [0.15, 0.2) is 5.57 Å². The molecular weight excluding hydrogens is 518 g/mol. The van der Waals surface area contributed by atoms with E-state index in [-0.39, 0.29) is 11.1 Å². The van der Waals surface area contributed by atoms with Gasteiger partial charge >= 0.3 is 0 Å². The van der Waals surface area contributed by atoms with Crippen LogP contribution in [-0.4, -0.2) is 48.3 Å². The SMILES string of the molecule is CCOc1ccc(Br)cc1/C=c1/s/c(=C(/C#N)C(=O)N2CCOCC2)n(-c2ccccc2)c1=O. The molecule has 2 aromatic carbocycles. The van der Waals surface area contributed by atoms with E-state index < -0.39 is 5.91 Å². The number of para-hydroxylation sites is 1. The van der Waals surface area contributed by atoms with Gasteiger partial charge in [-0.2, -0.15) is 5.26 Å². The second-order valence-electron chi connectivity index (χ2n) is 7.40. The topological polar surface area (TPSA) is 84.6 Å². The third-order valence-corrected chi connectivity index (χ3v) is 6.82. The lowest BCUT2D eigenvalue weighted by Crippen LogP contribution is -2.42. The normalized spacial score (nSPS) is 15.1. The third-order valence-electron chi connectivity index (χ3n) is 5.23. The first kappa shape index (κ1) is 24.0. The van der Waals surface area contributed by atoms with Crippen LogP contribution in [0.25, 0.3) is 17.3 Å². The number of carbonyl (C=O) groups is 1. The molecule has 9 heteroatoms. The smallest absolute Gasteiger partial charge is 0.273 e. The summed E-state index contributed by atoms with van der Waals surface area (Å²) in [6.45, 7) is 4.01. The number of rotatable bonds is 5. The average molecular weight is 540 g/mol. The Morgan fingerprint density at radius 3 is 2.65 bits per heavy atom. The minimum Gasteiger partial charge on any atom is -0.493 e. The maximum absolute atomic E-state index is 13.6. The second-order valence-corrected chi connectivity index (χ2v) is 9.34. The number of hydrogen-bond acceptors (Lipinski definition) is 6. The van der Waals surface area contributed by atoms with E-state index in [1.165, 1.54) is 4.57 Å². The van der Waals surface area contributed by atoms with Crippen molar-refractivity contribution in [2.24, 2.45) is 0 Å². The van der Waals surface area contributed by atoms with Crippen LogP contribution in [0.3, 0.4) is 0 Å². The van der Waals surface area contributed by atoms with E-state index in [0.717, 1.165) is 21.4 Å². The van der Waals surface area contributed by atoms with Gasteiger partial charge in [0.1, 0.15) is 16.5 Å². The fourth-order valence-electron chi connectivity index (χ4n) is 3.63. The van der Waals surface area contributed by atoms with Gasteiger partial charge in [0, 0.05) is 23.1 Å². The summed E-state index contributed by atoms with van der Waals surface area (Å²) in [6.07, 6.45) is 1.74. The molecule has 0 N–H and O–H groups in total. The molecule has 2 heterocycles. The molecule has 1 aliphatic rings. The van der Waals surface area contributed by atoms with Crippen LogP contribution < -0.4 is 19.5 Å². The van der Waals surface area contributed by atoms with Crippen LogP contribution in [0, 0.1) is 11.3 Å². The number of morpholine rings is 1. The molecule has 7 nitrogen and oxygen atoms in total. The molecule has 3 aromatic rings. The van der Waals surface area contributed by atoms with Crippen molar-refractivity contribution in [1.29, 1.82) is 5.26 Å². The van der Waals surface area contributed by atoms with Gasteiger partial charge in [0.25, 0.3) is 11.5 Å². The van der Waals surface area contributed by atoms with Gasteiger partial charge in [-0.05, 0) is 43.3 Å². The summed E-state index contributed by atoms with van der Waals surface area (Å²) < 4.78 is 14.0. The van der Waals surface area contributed by atoms with Crippen LogP contribution >= 0.6 is 27.3 Å². The Kier molecular flexibility index (Phi) is 7.63. The molecule has 0 bridgehead atoms. The highest BCUT2D eigenvalue weighted by Gasteiger charge is 2.24. The monoisotopic (exact) mass is 539 g/mol. The maximum Gasteiger partial charge on any atom is 0.273 e. The number of amides is 1. The molecule has 1 fully saturated rings. The summed E-state index contributed by atoms with van der Waals surface area (Å²) in [4.78, 5) is 28.4. The van der Waals surface area contributed by atoms with Crippen molar-refractivity contribution in [3.63, 3.8) is 0 Å². The van der Waals surface area contributed by atoms with E-state index in [1.807, 2.05) is 43.3 Å². The van der Waals surface area contributed by atoms with Crippen molar-refractivity contribution in [1.82, 2.24) is 9.47 Å². The Morgan fingerprint density at radius 1 is 1.24 bits per heavy atom. The van der Waals surface area contributed by atoms with Gasteiger partial charge in [-0.1, -0.05) is 34.1 Å². The van der Waals surface area contributed by atoms with E-state index in [0.29, 0.717) is 53.5 Å². The molecule has 4 rings (SSSR count). The van der Waals surface area contributed by atoms with Crippen molar-refractivity contribution in [2.75, 3.05) is 32.9 Å². The van der Waals surface area contributed by atoms with Gasteiger partial charge in [-0.3, -0.25) is 14.2 Å². The van der Waals surface area contributed by atoms with Crippen molar-refractivity contribution in [2.45, 2.75) is 6.92 Å². The van der Waals surface area contributed by atoms with Crippen LogP contribution in [0.1, 0.15) is 12.5 Å². The van der Waals surface area contributed by atoms with E-state index in [4.69, 9.17) is 9.47 Å². The number of benzene rings is 2. The van der Waals surface area contributed by atoms with Crippen LogP contribution in [0.4, 0.5) is 0 Å². The molecule has 1 saturated heterocycles. The number of thiazole rings is 1. The van der Waals surface area contributed by atoms with Gasteiger partial charge in [0.2, 0.25) is 0 Å². The first-order chi connectivity index (χ1) is 16.5. The lowest BCUT2D eigenvalue weighted by Gasteiger charge is -2.26. The zero-order valence-corrected chi connectivity index (χ0v) is 20.9. The summed E-state index contributed by atoms with van der Waals surface area (Å²) in [5, 5.41) is 9.98. The number of halogens is 1. The van der Waals surface area contributed by atoms with Gasteiger partial charge in [-0.25, -0.2) is 0 Å². The predicted octanol–water partition coefficient (Wildman–Crippen LogP) is 2.42. The highest BCUT2D eigenvalue weighted by atomic mass is 79.9. The minimum atomic E-state index is -0.402. The first-order valence-electron chi connectivity index (χ1n) is 10.8. The van der Waals surface area contributed by atoms with E-state index in [2.05, 4.69) is 22.0 Å². The van der Waals surface area contributed by atoms with Crippen LogP contribution in [0.2, 0.25) is 0 Å². The fraction of sp³-hybridized carbons (Fsp3) is 0.240. The fourth-order valence-corrected chi connectivity index (χ4v) is 5.10. The molecule has 1 amide bonds. The Bertz CT molecular complexity index is 1420. The zero-order chi connectivity index (χ0) is 24.1. The number of ether oxygens (including phenoxy) is 2. The standard InChI is InChI=1S/C25H22BrN3O4S/c1-2-33-21-9-8-18(26)14-17(21)15-22-24(31)29(19-6-4-3-5-7-19)25(34-22)20(16-27)23(30)28-10-12-32-13-11-28/h3-9,14-15H,2,10-13H2,1H3/b22-15+,25-20-. The lowest BCUT2D eigenvalue weighted by atomic mass is 10.2. The quantitative estimate of drug-likeness (QED) is 0.497. The molecule has 0 unspecified atom stereocenters. The van der Waals surface area contributed by atoms with Gasteiger partial charge in [0.05, 0.1) is 30.0 Å².